The highest BCUT2D eigenvalue weighted by Crippen LogP contribution is 2.21. The predicted octanol–water partition coefficient (Wildman–Crippen LogP) is 2.95. The van der Waals surface area contributed by atoms with Crippen LogP contribution >= 0.6 is 11.6 Å². The first-order valence-corrected chi connectivity index (χ1v) is 4.35. The zero-order valence-electron chi connectivity index (χ0n) is 7.09. The standard InChI is InChI=1S/C9H7ClFN3/c10-6-1-2-8(7(11)5-6)13-9-3-4-12-14-9/h1-5H,(H2,12,13,14). The van der Waals surface area contributed by atoms with E-state index in [1.54, 1.807) is 24.4 Å². The van der Waals surface area contributed by atoms with Crippen LogP contribution in [-0.2, 0) is 0 Å². The Morgan fingerprint density at radius 3 is 2.86 bits per heavy atom. The molecule has 14 heavy (non-hydrogen) atoms. The number of aromatic nitrogens is 2. The summed E-state index contributed by atoms with van der Waals surface area (Å²) in [6, 6.07) is 6.14. The Bertz CT molecular complexity index is 428. The molecule has 0 fully saturated rings. The summed E-state index contributed by atoms with van der Waals surface area (Å²) in [5, 5.41) is 9.60. The minimum Gasteiger partial charge on any atom is -0.338 e. The summed E-state index contributed by atoms with van der Waals surface area (Å²) >= 11 is 5.61. The van der Waals surface area contributed by atoms with E-state index in [-0.39, 0.29) is 0 Å². The van der Waals surface area contributed by atoms with Gasteiger partial charge in [-0.1, -0.05) is 11.6 Å². The predicted molar refractivity (Wildman–Crippen MR) is 53.3 cm³/mol. The SMILES string of the molecule is Fc1cc(Cl)ccc1Nc1ccn[nH]1. The molecule has 0 bridgehead atoms. The molecule has 2 aromatic rings. The third kappa shape index (κ3) is 1.85. The molecular weight excluding hydrogens is 205 g/mol. The number of nitrogens with zero attached hydrogens (tertiary/aromatic N) is 1. The Morgan fingerprint density at radius 1 is 1.36 bits per heavy atom. The van der Waals surface area contributed by atoms with Gasteiger partial charge in [0.05, 0.1) is 11.9 Å². The van der Waals surface area contributed by atoms with Crippen molar-refractivity contribution in [3.63, 3.8) is 0 Å². The van der Waals surface area contributed by atoms with E-state index >= 15 is 0 Å². The number of H-pyrrole nitrogens is 1. The lowest BCUT2D eigenvalue weighted by Crippen LogP contribution is -1.93. The molecule has 2 rings (SSSR count). The second-order valence-electron chi connectivity index (χ2n) is 2.72. The second kappa shape index (κ2) is 3.67. The van der Waals surface area contributed by atoms with Crippen LogP contribution in [-0.4, -0.2) is 10.2 Å². The van der Waals surface area contributed by atoms with Gasteiger partial charge < -0.3 is 5.32 Å². The Labute approximate surface area is 84.9 Å². The van der Waals surface area contributed by atoms with Crippen molar-refractivity contribution < 1.29 is 4.39 Å². The van der Waals surface area contributed by atoms with Crippen LogP contribution in [0.15, 0.2) is 30.5 Å². The van der Waals surface area contributed by atoms with Crippen LogP contribution in [0.2, 0.25) is 5.02 Å². The fourth-order valence-electron chi connectivity index (χ4n) is 1.06. The molecule has 0 atom stereocenters. The fourth-order valence-corrected chi connectivity index (χ4v) is 1.22. The molecule has 0 saturated carbocycles. The van der Waals surface area contributed by atoms with E-state index in [1.165, 1.54) is 6.07 Å². The average molecular weight is 212 g/mol. The molecule has 2 N–H and O–H groups in total. The monoisotopic (exact) mass is 211 g/mol. The Kier molecular flexibility index (Phi) is 2.37. The molecule has 72 valence electrons. The summed E-state index contributed by atoms with van der Waals surface area (Å²) < 4.78 is 13.3. The highest BCUT2D eigenvalue weighted by Gasteiger charge is 2.03. The molecular formula is C9H7ClFN3. The van der Waals surface area contributed by atoms with Crippen LogP contribution in [0.4, 0.5) is 15.9 Å². The van der Waals surface area contributed by atoms with Crippen LogP contribution in [0.5, 0.6) is 0 Å². The van der Waals surface area contributed by atoms with Gasteiger partial charge in [0.2, 0.25) is 0 Å². The van der Waals surface area contributed by atoms with Gasteiger partial charge in [-0.3, -0.25) is 5.10 Å². The number of hydrogen-bond acceptors (Lipinski definition) is 2. The normalized spacial score (nSPS) is 10.1. The molecule has 0 saturated heterocycles. The van der Waals surface area contributed by atoms with E-state index in [1.807, 2.05) is 0 Å². The van der Waals surface area contributed by atoms with Crippen molar-refractivity contribution in [2.45, 2.75) is 0 Å². The first-order valence-electron chi connectivity index (χ1n) is 3.97. The molecule has 0 aliphatic rings. The number of hydrogen-bond donors (Lipinski definition) is 2. The zero-order chi connectivity index (χ0) is 9.97. The molecule has 0 amide bonds. The summed E-state index contributed by atoms with van der Waals surface area (Å²) in [6.07, 6.45) is 1.58. The number of halogens is 2. The Balaban J connectivity index is 2.25. The minimum absolute atomic E-state index is 0.360. The van der Waals surface area contributed by atoms with E-state index in [2.05, 4.69) is 15.5 Å². The highest BCUT2D eigenvalue weighted by molar-refractivity contribution is 6.30. The molecule has 1 aromatic carbocycles. The summed E-state index contributed by atoms with van der Waals surface area (Å²) in [7, 11) is 0. The van der Waals surface area contributed by atoms with E-state index in [0.717, 1.165) is 0 Å². The Morgan fingerprint density at radius 2 is 2.21 bits per heavy atom. The fraction of sp³-hybridized carbons (Fsp3) is 0. The van der Waals surface area contributed by atoms with Gasteiger partial charge in [-0.25, -0.2) is 4.39 Å². The lowest BCUT2D eigenvalue weighted by atomic mass is 10.3. The maximum absolute atomic E-state index is 13.3. The molecule has 0 spiro atoms. The van der Waals surface area contributed by atoms with E-state index in [4.69, 9.17) is 11.6 Å². The van der Waals surface area contributed by atoms with Crippen molar-refractivity contribution in [1.29, 1.82) is 0 Å². The lowest BCUT2D eigenvalue weighted by Gasteiger charge is -2.04. The van der Waals surface area contributed by atoms with E-state index in [0.29, 0.717) is 16.5 Å². The first-order chi connectivity index (χ1) is 6.75. The number of aromatic amines is 1. The second-order valence-corrected chi connectivity index (χ2v) is 3.16. The maximum Gasteiger partial charge on any atom is 0.148 e. The largest absolute Gasteiger partial charge is 0.338 e. The maximum atomic E-state index is 13.3. The van der Waals surface area contributed by atoms with Crippen LogP contribution in [0.3, 0.4) is 0 Å². The van der Waals surface area contributed by atoms with Crippen LogP contribution in [0.25, 0.3) is 0 Å². The van der Waals surface area contributed by atoms with Gasteiger partial charge in [0.1, 0.15) is 11.6 Å². The summed E-state index contributed by atoms with van der Waals surface area (Å²) in [6.45, 7) is 0. The highest BCUT2D eigenvalue weighted by atomic mass is 35.5. The molecule has 0 aliphatic heterocycles. The quantitative estimate of drug-likeness (QED) is 0.802. The molecule has 0 radical (unpaired) electrons. The zero-order valence-corrected chi connectivity index (χ0v) is 7.85. The van der Waals surface area contributed by atoms with Crippen molar-refractivity contribution in [3.8, 4) is 0 Å². The molecule has 0 aliphatic carbocycles. The summed E-state index contributed by atoms with van der Waals surface area (Å²) in [5.74, 6) is 0.235. The third-order valence-electron chi connectivity index (χ3n) is 1.70. The smallest absolute Gasteiger partial charge is 0.148 e. The van der Waals surface area contributed by atoms with Crippen molar-refractivity contribution >= 4 is 23.1 Å². The average Bonchev–Trinajstić information content (AvgIpc) is 2.62. The van der Waals surface area contributed by atoms with Gasteiger partial charge in [-0.2, -0.15) is 5.10 Å². The van der Waals surface area contributed by atoms with Gasteiger partial charge in [0.15, 0.2) is 0 Å². The number of anilines is 2. The number of rotatable bonds is 2. The third-order valence-corrected chi connectivity index (χ3v) is 1.94. The van der Waals surface area contributed by atoms with Gasteiger partial charge in [-0.15, -0.1) is 0 Å². The Hall–Kier alpha value is -1.55. The van der Waals surface area contributed by atoms with Crippen LogP contribution in [0, 0.1) is 5.82 Å². The van der Waals surface area contributed by atoms with E-state index < -0.39 is 5.82 Å². The minimum atomic E-state index is -0.396. The van der Waals surface area contributed by atoms with Crippen molar-refractivity contribution in [1.82, 2.24) is 10.2 Å². The van der Waals surface area contributed by atoms with E-state index in [9.17, 15) is 4.39 Å². The molecule has 3 nitrogen and oxygen atoms in total. The van der Waals surface area contributed by atoms with Gasteiger partial charge in [-0.05, 0) is 18.2 Å². The molecule has 0 unspecified atom stereocenters. The molecule has 1 heterocycles. The lowest BCUT2D eigenvalue weighted by molar-refractivity contribution is 0.632. The first kappa shape index (κ1) is 9.02. The number of nitrogens with one attached hydrogen (secondary N) is 2. The summed E-state index contributed by atoms with van der Waals surface area (Å²) in [4.78, 5) is 0. The van der Waals surface area contributed by atoms with Crippen LogP contribution in [0.1, 0.15) is 0 Å². The van der Waals surface area contributed by atoms with Gasteiger partial charge in [0, 0.05) is 11.1 Å². The van der Waals surface area contributed by atoms with Crippen LogP contribution < -0.4 is 5.32 Å². The van der Waals surface area contributed by atoms with Gasteiger partial charge >= 0.3 is 0 Å². The molecule has 5 heteroatoms. The number of benzene rings is 1. The van der Waals surface area contributed by atoms with Crippen molar-refractivity contribution in [2.75, 3.05) is 5.32 Å². The van der Waals surface area contributed by atoms with Crippen molar-refractivity contribution in [2.24, 2.45) is 0 Å². The topological polar surface area (TPSA) is 40.7 Å². The van der Waals surface area contributed by atoms with Gasteiger partial charge in [0.25, 0.3) is 0 Å². The molecule has 1 aromatic heterocycles. The summed E-state index contributed by atoms with van der Waals surface area (Å²) in [5.41, 5.74) is 0.360. The van der Waals surface area contributed by atoms with Crippen molar-refractivity contribution in [3.05, 3.63) is 41.3 Å².